The summed E-state index contributed by atoms with van der Waals surface area (Å²) >= 11 is 0. The van der Waals surface area contributed by atoms with Gasteiger partial charge in [-0.15, -0.1) is 0 Å². The van der Waals surface area contributed by atoms with Crippen LogP contribution in [0.25, 0.3) is 0 Å². The van der Waals surface area contributed by atoms with E-state index in [0.717, 1.165) is 34.9 Å². The van der Waals surface area contributed by atoms with Crippen molar-refractivity contribution in [1.29, 1.82) is 0 Å². The normalized spacial score (nSPS) is 17.9. The van der Waals surface area contributed by atoms with E-state index in [1.165, 1.54) is 69.8 Å². The monoisotopic (exact) mass is 410 g/mol. The van der Waals surface area contributed by atoms with E-state index < -0.39 is 0 Å². The van der Waals surface area contributed by atoms with E-state index in [1.807, 2.05) is 0 Å². The Morgan fingerprint density at radius 2 is 1.19 bits per heavy atom. The number of rotatable bonds is 7. The van der Waals surface area contributed by atoms with Crippen molar-refractivity contribution in [3.05, 3.63) is 70.8 Å². The fourth-order valence-electron chi connectivity index (χ4n) is 4.53. The van der Waals surface area contributed by atoms with Crippen LogP contribution in [-0.2, 0) is 0 Å². The lowest BCUT2D eigenvalue weighted by atomic mass is 9.77. The van der Waals surface area contributed by atoms with Crippen LogP contribution >= 0.6 is 0 Å². The lowest BCUT2D eigenvalue weighted by molar-refractivity contribution is 0.304. The molecule has 0 atom stereocenters. The van der Waals surface area contributed by atoms with E-state index in [0.29, 0.717) is 0 Å². The van der Waals surface area contributed by atoms with Crippen molar-refractivity contribution in [1.82, 2.24) is 0 Å². The highest BCUT2D eigenvalue weighted by molar-refractivity contribution is 5.46. The van der Waals surface area contributed by atoms with Gasteiger partial charge in [0.1, 0.15) is 0 Å². The molecule has 1 aliphatic rings. The van der Waals surface area contributed by atoms with Gasteiger partial charge in [0.2, 0.25) is 0 Å². The average Bonchev–Trinajstić information content (AvgIpc) is 2.83. The molecule has 31 heavy (non-hydrogen) atoms. The van der Waals surface area contributed by atoms with E-state index in [9.17, 15) is 0 Å². The van der Waals surface area contributed by atoms with Crippen LogP contribution in [0.2, 0.25) is 0 Å². The number of unbranched alkanes of at least 4 members (excludes halogenated alkanes) is 4. The van der Waals surface area contributed by atoms with E-state index in [-0.39, 0.29) is 0 Å². The lowest BCUT2D eigenvalue weighted by Crippen LogP contribution is -2.13. The van der Waals surface area contributed by atoms with Gasteiger partial charge in [0.15, 0.2) is 0 Å². The first-order chi connectivity index (χ1) is 15.3. The Bertz CT molecular complexity index is 885. The minimum Gasteiger partial charge on any atom is -0.0979 e. The highest BCUT2D eigenvalue weighted by atomic mass is 14.3. The van der Waals surface area contributed by atoms with E-state index in [1.54, 1.807) is 0 Å². The van der Waals surface area contributed by atoms with Crippen LogP contribution in [0.15, 0.2) is 48.5 Å². The molecule has 162 valence electrons. The quantitative estimate of drug-likeness (QED) is 0.317. The summed E-state index contributed by atoms with van der Waals surface area (Å²) in [5.41, 5.74) is 4.73. The first-order valence-electron chi connectivity index (χ1n) is 12.5. The van der Waals surface area contributed by atoms with Gasteiger partial charge in [0.25, 0.3) is 0 Å². The van der Waals surface area contributed by atoms with Gasteiger partial charge in [-0.25, -0.2) is 0 Å². The fourth-order valence-corrected chi connectivity index (χ4v) is 4.53. The molecule has 0 heterocycles. The Labute approximate surface area is 190 Å². The molecular formula is C31H38. The van der Waals surface area contributed by atoms with Gasteiger partial charge in [0.05, 0.1) is 0 Å². The molecule has 2 aromatic rings. The Morgan fingerprint density at radius 1 is 0.645 bits per heavy atom. The molecule has 1 aliphatic carbocycles. The molecule has 0 radical (unpaired) electrons. The molecule has 0 spiro atoms. The minimum atomic E-state index is 0.746. The molecule has 0 nitrogen and oxygen atoms in total. The topological polar surface area (TPSA) is 0 Å². The Morgan fingerprint density at radius 3 is 1.77 bits per heavy atom. The zero-order valence-electron chi connectivity index (χ0n) is 19.6. The third-order valence-corrected chi connectivity index (χ3v) is 6.57. The maximum atomic E-state index is 3.32. The van der Waals surface area contributed by atoms with Crippen molar-refractivity contribution in [3.63, 3.8) is 0 Å². The van der Waals surface area contributed by atoms with E-state index in [2.05, 4.69) is 86.1 Å². The first-order valence-corrected chi connectivity index (χ1v) is 12.5. The molecule has 0 amide bonds. The maximum Gasteiger partial charge on any atom is 0.0249 e. The largest absolute Gasteiger partial charge is 0.0979 e. The lowest BCUT2D eigenvalue weighted by Gasteiger charge is -2.28. The summed E-state index contributed by atoms with van der Waals surface area (Å²) in [4.78, 5) is 0. The Balaban J connectivity index is 1.50. The summed E-state index contributed by atoms with van der Waals surface area (Å²) in [5, 5.41) is 0. The maximum absolute atomic E-state index is 3.32. The molecule has 0 aliphatic heterocycles. The molecule has 1 fully saturated rings. The molecule has 0 unspecified atom stereocenters. The number of hydrogen-bond acceptors (Lipinski definition) is 0. The van der Waals surface area contributed by atoms with Crippen molar-refractivity contribution < 1.29 is 0 Å². The second kappa shape index (κ2) is 13.1. The highest BCUT2D eigenvalue weighted by Crippen LogP contribution is 2.37. The van der Waals surface area contributed by atoms with Crippen LogP contribution in [0.3, 0.4) is 0 Å². The summed E-state index contributed by atoms with van der Waals surface area (Å²) in [6, 6.07) is 17.3. The average molecular weight is 411 g/mol. The van der Waals surface area contributed by atoms with Gasteiger partial charge >= 0.3 is 0 Å². The molecule has 0 aromatic heterocycles. The molecule has 2 aromatic carbocycles. The molecule has 1 saturated carbocycles. The summed E-state index contributed by atoms with van der Waals surface area (Å²) in [5.74, 6) is 14.9. The Hall–Kier alpha value is -2.44. The van der Waals surface area contributed by atoms with Crippen molar-refractivity contribution in [2.75, 3.05) is 0 Å². The molecule has 0 saturated heterocycles. The molecular weight excluding hydrogens is 372 g/mol. The van der Waals surface area contributed by atoms with Crippen LogP contribution in [0.4, 0.5) is 0 Å². The van der Waals surface area contributed by atoms with Gasteiger partial charge in [-0.2, -0.15) is 0 Å². The van der Waals surface area contributed by atoms with E-state index >= 15 is 0 Å². The molecule has 0 bridgehead atoms. The molecule has 0 heteroatoms. The van der Waals surface area contributed by atoms with Crippen molar-refractivity contribution in [2.45, 2.75) is 90.4 Å². The predicted octanol–water partition coefficient (Wildman–Crippen LogP) is 8.48. The summed E-state index contributed by atoms with van der Waals surface area (Å²) < 4.78 is 0. The van der Waals surface area contributed by atoms with Crippen LogP contribution in [0, 0.1) is 29.6 Å². The van der Waals surface area contributed by atoms with Crippen molar-refractivity contribution in [3.8, 4) is 23.7 Å². The summed E-state index contributed by atoms with van der Waals surface area (Å²) in [7, 11) is 0. The summed E-state index contributed by atoms with van der Waals surface area (Å²) in [6.07, 6.45) is 14.4. The van der Waals surface area contributed by atoms with Gasteiger partial charge in [0, 0.05) is 23.1 Å². The molecule has 0 N–H and O–H groups in total. The molecule has 3 rings (SSSR count). The van der Waals surface area contributed by atoms with Crippen LogP contribution < -0.4 is 0 Å². The number of benzene rings is 2. The zero-order chi connectivity index (χ0) is 21.7. The van der Waals surface area contributed by atoms with E-state index in [4.69, 9.17) is 0 Å². The van der Waals surface area contributed by atoms with Crippen LogP contribution in [-0.4, -0.2) is 0 Å². The SMILES string of the molecule is CCCCCC#Cc1ccc(C#Cc2ccc(C3CCC(CCCC)CC3)cc2)cc1. The second-order valence-electron chi connectivity index (χ2n) is 9.07. The number of hydrogen-bond donors (Lipinski definition) is 0. The third-order valence-electron chi connectivity index (χ3n) is 6.57. The zero-order valence-corrected chi connectivity index (χ0v) is 19.6. The Kier molecular flexibility index (Phi) is 9.80. The van der Waals surface area contributed by atoms with Gasteiger partial charge < -0.3 is 0 Å². The smallest absolute Gasteiger partial charge is 0.0249 e. The first kappa shape index (κ1) is 23.2. The third kappa shape index (κ3) is 7.96. The van der Waals surface area contributed by atoms with Crippen LogP contribution in [0.5, 0.6) is 0 Å². The van der Waals surface area contributed by atoms with Crippen molar-refractivity contribution in [2.24, 2.45) is 5.92 Å². The fraction of sp³-hybridized carbons (Fsp3) is 0.484. The highest BCUT2D eigenvalue weighted by Gasteiger charge is 2.21. The van der Waals surface area contributed by atoms with Gasteiger partial charge in [-0.3, -0.25) is 0 Å². The van der Waals surface area contributed by atoms with Gasteiger partial charge in [-0.05, 0) is 85.9 Å². The minimum absolute atomic E-state index is 0.746. The van der Waals surface area contributed by atoms with Crippen molar-refractivity contribution >= 4 is 0 Å². The van der Waals surface area contributed by atoms with Gasteiger partial charge in [-0.1, -0.05) is 81.8 Å². The predicted molar refractivity (Wildman–Crippen MR) is 134 cm³/mol. The van der Waals surface area contributed by atoms with Crippen LogP contribution in [0.1, 0.15) is 113 Å². The standard InChI is InChI=1S/C31H38/c1-3-5-7-8-9-11-27-12-14-28(15-13-27)16-17-29-20-24-31(25-21-29)30-22-18-26(19-23-30)10-6-4-2/h12-15,20-21,24-26,30H,3-8,10,18-19,22-23H2,1-2H3. The second-order valence-corrected chi connectivity index (χ2v) is 9.07. The summed E-state index contributed by atoms with van der Waals surface area (Å²) in [6.45, 7) is 4.53.